The molecule has 10 aliphatic heterocycles. The number of aliphatic imine (C=N–C) groups is 2. The predicted octanol–water partition coefficient (Wildman–Crippen LogP) is 16.7. The smallest absolute Gasteiger partial charge is 0.312 e. The Morgan fingerprint density at radius 3 is 1.71 bits per heavy atom. The van der Waals surface area contributed by atoms with Gasteiger partial charge in [0.2, 0.25) is 0 Å². The number of oxime groups is 2. The molecule has 1 unspecified atom stereocenters. The molecular formula is C105H130F5N7O20S3. The minimum atomic E-state index is -0.975. The minimum absolute atomic E-state index is 0.00614. The van der Waals surface area contributed by atoms with Crippen molar-refractivity contribution in [2.24, 2.45) is 67.3 Å². The lowest BCUT2D eigenvalue weighted by atomic mass is 9.64. The van der Waals surface area contributed by atoms with Crippen molar-refractivity contribution in [3.63, 3.8) is 0 Å². The van der Waals surface area contributed by atoms with Crippen molar-refractivity contribution in [2.45, 2.75) is 130 Å². The third kappa shape index (κ3) is 29.1. The molecule has 0 saturated carbocycles. The molecule has 758 valence electrons. The standard InChI is InChI=1S/C30H29FO4S.C19H23FN2O5S.C13H15FN2OS.C13H15FO2.C12H16FNO2.C6H9NO2.C6H11NO2.C6H12O2/c31-28-12-6-5-11-27(28)30(13-14-34-18-20(30)17-32)16-21(36)15-29(33)35-19-26-24-9-3-1-7-22(24)23-8-2-4-10-25(23)26;1-18(2,3)27-17(23)9-16-21-19(6-7-26-10-12(19)11-28-16)14-8-13(22(24)25)4-5-15(14)20;14-11-4-2-1-3-10(11)13-5-6-17-7-9(13)8-18-12(15)16-13;14-12-4-2-1-3-11(12)13-5-6-15-7-10(13)8-16-9-13;13-11-4-2-1-3-10(11)12(14)5-6-16-8-9(12)7-15;1-2-8-3-5-4-9-7-6(1)5;1-2-3-5-9-6-4-7-8;1-2-3-5-8-6-4-7/h1-12,20,26,32H,13-19H2;4-5,8,12H,6-7,9-11H2,1-3H3;1-4,9H,5-8H2,(H2,15,16);1-4,10H,5-9H2;1-4,9,15H,5-8,14H2;5H,1-4H2;2,4,8H,1,3,5-6H2;2,7H,1,3-6H2/t20-,30+;12-,19-;9-,13-;10-,13-;9-,12+;;;/m10001.../s1. The number of nitro groups is 1. The molecule has 140 heavy (non-hydrogen) atoms. The molecule has 7 fully saturated rings. The van der Waals surface area contributed by atoms with Crippen LogP contribution in [0.4, 0.5) is 27.6 Å². The molecule has 0 aromatic heterocycles. The van der Waals surface area contributed by atoms with Gasteiger partial charge in [-0.25, -0.2) is 22.0 Å². The SMILES string of the molecule is C1CC2=NOCC2CO1.C=CCCOCC=NO.C=CCCOCCO.CC(C)(C)OC(=O)CC1=N[C@@]2(c3cc([N+](=O)[O-])ccc3F)CCOC[C@H]2CS1.Fc1ccccc1[C@]12CCOC[C@H]1COC2.NC1=N[C@@]2(c3ccccc3F)CCOC[C@H]2CS1.N[C@@]1(c2ccccc2F)CCOC[C@H]1CO.O=C(CC(=S)C[C@@]1(c2ccccc2F)CCOC[C@H]1CO)OCC1c2ccccc2-c2ccccc21. The van der Waals surface area contributed by atoms with E-state index in [1.165, 1.54) is 76.9 Å². The molecule has 11 aliphatic rings. The van der Waals surface area contributed by atoms with E-state index in [0.29, 0.717) is 187 Å². The number of thioether (sulfide) groups is 2. The van der Waals surface area contributed by atoms with Crippen LogP contribution in [0.1, 0.15) is 136 Å². The average Bonchev–Trinajstić information content (AvgIpc) is 0.941. The van der Waals surface area contributed by atoms with Gasteiger partial charge in [0.25, 0.3) is 5.69 Å². The first-order chi connectivity index (χ1) is 67.7. The van der Waals surface area contributed by atoms with Crippen LogP contribution < -0.4 is 11.5 Å². The highest BCUT2D eigenvalue weighted by molar-refractivity contribution is 8.14. The molecule has 0 radical (unpaired) electrons. The number of esters is 2. The van der Waals surface area contributed by atoms with Crippen LogP contribution in [0.15, 0.2) is 209 Å². The fraction of sp³-hybridized carbons (Fsp3) is 0.495. The molecule has 0 spiro atoms. The van der Waals surface area contributed by atoms with E-state index >= 15 is 0 Å². The molecule has 10 heterocycles. The summed E-state index contributed by atoms with van der Waals surface area (Å²) in [4.78, 5) is 50.5. The van der Waals surface area contributed by atoms with Gasteiger partial charge in [0.15, 0.2) is 5.17 Å². The van der Waals surface area contributed by atoms with Crippen molar-refractivity contribution in [1.29, 1.82) is 0 Å². The van der Waals surface area contributed by atoms with E-state index in [1.54, 1.807) is 81.5 Å². The van der Waals surface area contributed by atoms with Crippen LogP contribution in [-0.4, -0.2) is 233 Å². The van der Waals surface area contributed by atoms with Crippen LogP contribution >= 0.6 is 35.7 Å². The first kappa shape index (κ1) is 111. The lowest BCUT2D eigenvalue weighted by molar-refractivity contribution is -0.385. The van der Waals surface area contributed by atoms with E-state index in [-0.39, 0.29) is 109 Å². The first-order valence-electron chi connectivity index (χ1n) is 47.3. The molecule has 18 rings (SSSR count). The van der Waals surface area contributed by atoms with Crippen LogP contribution in [0, 0.1) is 74.7 Å². The normalized spacial score (nSPS) is 25.0. The maximum absolute atomic E-state index is 14.9. The number of aliphatic hydroxyl groups is 3. The van der Waals surface area contributed by atoms with Crippen molar-refractivity contribution < 1.29 is 114 Å². The van der Waals surface area contributed by atoms with Crippen molar-refractivity contribution in [3.05, 3.63) is 267 Å². The van der Waals surface area contributed by atoms with Crippen molar-refractivity contribution >= 4 is 80.4 Å². The number of aliphatic hydroxyl groups excluding tert-OH is 3. The number of nitro benzene ring substituents is 1. The van der Waals surface area contributed by atoms with Gasteiger partial charge in [0, 0.05) is 150 Å². The van der Waals surface area contributed by atoms with Crippen LogP contribution in [-0.2, 0) is 94.0 Å². The molecule has 1 aliphatic carbocycles. The highest BCUT2D eigenvalue weighted by atomic mass is 32.2. The van der Waals surface area contributed by atoms with Gasteiger partial charge in [-0.3, -0.25) is 29.7 Å². The Morgan fingerprint density at radius 2 is 1.11 bits per heavy atom. The van der Waals surface area contributed by atoms with E-state index < -0.39 is 50.3 Å². The largest absolute Gasteiger partial charge is 0.464 e. The van der Waals surface area contributed by atoms with Crippen molar-refractivity contribution in [1.82, 2.24) is 0 Å². The monoisotopic (exact) mass is 2000 g/mol. The summed E-state index contributed by atoms with van der Waals surface area (Å²) in [6.07, 6.45) is 10.8. The number of thiocarbonyl (C=S) groups is 1. The molecule has 7 saturated heterocycles. The Balaban J connectivity index is 0.000000161. The summed E-state index contributed by atoms with van der Waals surface area (Å²) in [5.41, 5.74) is 16.6. The number of carbonyl (C=O) groups is 2. The molecule has 0 amide bonds. The number of ether oxygens (including phenoxy) is 11. The molecule has 7 aromatic carbocycles. The second kappa shape index (κ2) is 54.7. The molecule has 0 bridgehead atoms. The summed E-state index contributed by atoms with van der Waals surface area (Å²) in [6.45, 7) is 23.3. The summed E-state index contributed by atoms with van der Waals surface area (Å²) in [6, 6.07) is 46.9. The highest BCUT2D eigenvalue weighted by Gasteiger charge is 2.52. The Morgan fingerprint density at radius 1 is 0.593 bits per heavy atom. The number of amidine groups is 1. The molecule has 35 heteroatoms. The number of benzene rings is 7. The molecule has 8 N–H and O–H groups in total. The van der Waals surface area contributed by atoms with Gasteiger partial charge in [0.05, 0.1) is 156 Å². The van der Waals surface area contributed by atoms with Gasteiger partial charge in [-0.05, 0) is 123 Å². The van der Waals surface area contributed by atoms with Crippen LogP contribution in [0.5, 0.6) is 0 Å². The lowest BCUT2D eigenvalue weighted by Gasteiger charge is -2.44. The van der Waals surface area contributed by atoms with E-state index in [0.717, 1.165) is 80.1 Å². The van der Waals surface area contributed by atoms with Gasteiger partial charge >= 0.3 is 11.9 Å². The van der Waals surface area contributed by atoms with E-state index in [9.17, 15) is 51.9 Å². The Labute approximate surface area is 828 Å². The van der Waals surface area contributed by atoms with E-state index in [1.807, 2.05) is 48.5 Å². The second-order valence-corrected chi connectivity index (χ2v) is 39.1. The Kier molecular flexibility index (Phi) is 43.3. The van der Waals surface area contributed by atoms with E-state index in [2.05, 4.69) is 52.7 Å². The third-order valence-electron chi connectivity index (χ3n) is 26.5. The number of hydrogen-bond donors (Lipinski definition) is 6. The summed E-state index contributed by atoms with van der Waals surface area (Å²) < 4.78 is 131. The zero-order chi connectivity index (χ0) is 100. The number of hydrogen-bond acceptors (Lipinski definition) is 29. The fourth-order valence-electron chi connectivity index (χ4n) is 19.2. The van der Waals surface area contributed by atoms with Gasteiger partial charge in [0.1, 0.15) is 47.9 Å². The minimum Gasteiger partial charge on any atom is -0.464 e. The van der Waals surface area contributed by atoms with Gasteiger partial charge in [-0.2, -0.15) is 0 Å². The number of fused-ring (bicyclic) bond motifs is 7. The van der Waals surface area contributed by atoms with Gasteiger partial charge in [-0.1, -0.05) is 168 Å². The Bertz CT molecular complexity index is 5310. The molecular weight excluding hydrogens is 1870 g/mol. The van der Waals surface area contributed by atoms with Gasteiger partial charge in [-0.15, -0.1) is 24.9 Å². The Hall–Kier alpha value is -9.64. The maximum Gasteiger partial charge on any atom is 0.312 e. The van der Waals surface area contributed by atoms with Crippen molar-refractivity contribution in [2.75, 3.05) is 163 Å². The summed E-state index contributed by atoms with van der Waals surface area (Å²) in [7, 11) is 0. The van der Waals surface area contributed by atoms with Gasteiger partial charge < -0.3 is 88.9 Å². The topological polar surface area (TPSA) is 370 Å². The highest BCUT2D eigenvalue weighted by Crippen LogP contribution is 2.52. The number of nitrogens with zero attached hydrogens (tertiary/aromatic N) is 5. The number of halogens is 5. The first-order valence-corrected chi connectivity index (χ1v) is 49.6. The lowest BCUT2D eigenvalue weighted by Crippen LogP contribution is -2.52. The van der Waals surface area contributed by atoms with Crippen LogP contribution in [0.2, 0.25) is 0 Å². The molecule has 7 aromatic rings. The fourth-order valence-corrected chi connectivity index (χ4v) is 21.7. The second-order valence-electron chi connectivity index (χ2n) is 36.4. The van der Waals surface area contributed by atoms with Crippen LogP contribution in [0.3, 0.4) is 0 Å². The van der Waals surface area contributed by atoms with Crippen LogP contribution in [0.25, 0.3) is 11.1 Å². The zero-order valence-corrected chi connectivity index (χ0v) is 82.0. The maximum atomic E-state index is 14.9. The third-order valence-corrected chi connectivity index (χ3v) is 28.9. The molecule has 11 atom stereocenters. The van der Waals surface area contributed by atoms with Crippen molar-refractivity contribution in [3.8, 4) is 11.1 Å². The van der Waals surface area contributed by atoms with E-state index in [4.69, 9.17) is 95.9 Å². The predicted molar refractivity (Wildman–Crippen MR) is 533 cm³/mol. The summed E-state index contributed by atoms with van der Waals surface area (Å²) in [5, 5.41) is 54.5. The number of rotatable bonds is 26. The average molecular weight is 2000 g/mol. The summed E-state index contributed by atoms with van der Waals surface area (Å²) >= 11 is 8.61. The molecule has 27 nitrogen and oxygen atoms in total. The quantitative estimate of drug-likeness (QED) is 0.00337. The number of nitrogens with two attached hydrogens (primary N) is 2. The number of non-ortho nitro benzene ring substituents is 1. The zero-order valence-electron chi connectivity index (χ0n) is 79.6. The summed E-state index contributed by atoms with van der Waals surface area (Å²) in [5.74, 6) is -0.618. The number of carbonyl (C=O) groups excluding carboxylic acids is 2.